The summed E-state index contributed by atoms with van der Waals surface area (Å²) in [7, 11) is 0. The van der Waals surface area contributed by atoms with Crippen molar-refractivity contribution >= 4 is 23.0 Å². The molecule has 0 amide bonds. The molecular formula is C15H23N5S. The van der Waals surface area contributed by atoms with Crippen LogP contribution in [-0.2, 0) is 12.0 Å². The van der Waals surface area contributed by atoms with Crippen LogP contribution in [0.5, 0.6) is 0 Å². The summed E-state index contributed by atoms with van der Waals surface area (Å²) in [5.74, 6) is 2.52. The van der Waals surface area contributed by atoms with E-state index in [-0.39, 0.29) is 5.41 Å². The van der Waals surface area contributed by atoms with Gasteiger partial charge in [-0.1, -0.05) is 20.8 Å². The lowest BCUT2D eigenvalue weighted by Crippen LogP contribution is -2.18. The number of hydrogen-bond donors (Lipinski definition) is 2. The third-order valence-corrected chi connectivity index (χ3v) is 3.81. The summed E-state index contributed by atoms with van der Waals surface area (Å²) in [5.41, 5.74) is 0.975. The molecule has 0 aliphatic heterocycles. The van der Waals surface area contributed by atoms with E-state index in [0.29, 0.717) is 6.54 Å². The van der Waals surface area contributed by atoms with E-state index in [1.807, 2.05) is 13.0 Å². The van der Waals surface area contributed by atoms with Gasteiger partial charge in [0, 0.05) is 29.1 Å². The van der Waals surface area contributed by atoms with Crippen molar-refractivity contribution in [2.75, 3.05) is 17.2 Å². The first kappa shape index (κ1) is 15.7. The maximum Gasteiger partial charge on any atom is 0.138 e. The highest BCUT2D eigenvalue weighted by molar-refractivity contribution is 7.09. The van der Waals surface area contributed by atoms with E-state index >= 15 is 0 Å². The number of hydrogen-bond acceptors (Lipinski definition) is 6. The molecule has 5 nitrogen and oxygen atoms in total. The quantitative estimate of drug-likeness (QED) is 0.884. The lowest BCUT2D eigenvalue weighted by molar-refractivity contribution is 0.546. The van der Waals surface area contributed by atoms with E-state index in [9.17, 15) is 0 Å². The van der Waals surface area contributed by atoms with E-state index in [0.717, 1.165) is 34.7 Å². The van der Waals surface area contributed by atoms with E-state index in [1.165, 1.54) is 0 Å². The van der Waals surface area contributed by atoms with Gasteiger partial charge in [0.05, 0.1) is 6.54 Å². The van der Waals surface area contributed by atoms with Crippen LogP contribution in [0.1, 0.15) is 44.2 Å². The Hall–Kier alpha value is -1.69. The normalized spacial score (nSPS) is 11.5. The average molecular weight is 305 g/mol. The SMILES string of the molecule is CCNc1cc(NCc2nc(C)cs2)nc(C(C)(C)C)n1. The lowest BCUT2D eigenvalue weighted by Gasteiger charge is -2.19. The molecule has 2 aromatic heterocycles. The molecule has 6 heteroatoms. The largest absolute Gasteiger partial charge is 0.370 e. The van der Waals surface area contributed by atoms with Crippen LogP contribution in [0.4, 0.5) is 11.6 Å². The molecule has 114 valence electrons. The van der Waals surface area contributed by atoms with Crippen molar-refractivity contribution in [3.05, 3.63) is 28.0 Å². The Balaban J connectivity index is 2.19. The zero-order valence-corrected chi connectivity index (χ0v) is 14.1. The Morgan fingerprint density at radius 3 is 2.29 bits per heavy atom. The molecule has 0 unspecified atom stereocenters. The van der Waals surface area contributed by atoms with Crippen molar-refractivity contribution in [2.45, 2.75) is 46.6 Å². The van der Waals surface area contributed by atoms with Crippen molar-refractivity contribution in [1.82, 2.24) is 15.0 Å². The van der Waals surface area contributed by atoms with Gasteiger partial charge < -0.3 is 10.6 Å². The van der Waals surface area contributed by atoms with Gasteiger partial charge in [-0.25, -0.2) is 15.0 Å². The van der Waals surface area contributed by atoms with Crippen LogP contribution in [0.25, 0.3) is 0 Å². The summed E-state index contributed by atoms with van der Waals surface area (Å²) in [6.07, 6.45) is 0. The first-order chi connectivity index (χ1) is 9.88. The predicted octanol–water partition coefficient (Wildman–Crippen LogP) is 3.58. The molecule has 0 aliphatic rings. The number of nitrogens with zero attached hydrogens (tertiary/aromatic N) is 3. The molecule has 0 saturated carbocycles. The van der Waals surface area contributed by atoms with Crippen LogP contribution >= 0.6 is 11.3 Å². The van der Waals surface area contributed by atoms with Crippen LogP contribution in [0, 0.1) is 6.92 Å². The van der Waals surface area contributed by atoms with Gasteiger partial charge in [0.1, 0.15) is 22.5 Å². The maximum atomic E-state index is 4.62. The predicted molar refractivity (Wildman–Crippen MR) is 89.1 cm³/mol. The fourth-order valence-electron chi connectivity index (χ4n) is 1.79. The van der Waals surface area contributed by atoms with E-state index in [2.05, 4.69) is 58.7 Å². The molecule has 0 saturated heterocycles. The minimum absolute atomic E-state index is 0.0837. The Labute approximate surface area is 130 Å². The number of anilines is 2. The molecule has 0 aromatic carbocycles. The van der Waals surface area contributed by atoms with E-state index in [1.54, 1.807) is 11.3 Å². The summed E-state index contributed by atoms with van der Waals surface area (Å²) in [6.45, 7) is 11.9. The average Bonchev–Trinajstić information content (AvgIpc) is 2.81. The van der Waals surface area contributed by atoms with Crippen molar-refractivity contribution in [3.63, 3.8) is 0 Å². The second-order valence-electron chi connectivity index (χ2n) is 5.98. The molecule has 0 bridgehead atoms. The van der Waals surface area contributed by atoms with Gasteiger partial charge in [-0.15, -0.1) is 11.3 Å². The molecule has 0 fully saturated rings. The molecule has 21 heavy (non-hydrogen) atoms. The van der Waals surface area contributed by atoms with Crippen LogP contribution in [0.15, 0.2) is 11.4 Å². The monoisotopic (exact) mass is 305 g/mol. The molecule has 0 aliphatic carbocycles. The summed E-state index contributed by atoms with van der Waals surface area (Å²) in [4.78, 5) is 13.7. The van der Waals surface area contributed by atoms with Crippen LogP contribution in [0.3, 0.4) is 0 Å². The maximum absolute atomic E-state index is 4.62. The Bertz CT molecular complexity index is 600. The number of rotatable bonds is 5. The van der Waals surface area contributed by atoms with Gasteiger partial charge in [0.15, 0.2) is 0 Å². The third kappa shape index (κ3) is 4.39. The summed E-state index contributed by atoms with van der Waals surface area (Å²) in [6, 6.07) is 1.94. The number of aryl methyl sites for hydroxylation is 1. The molecule has 0 atom stereocenters. The fourth-order valence-corrected chi connectivity index (χ4v) is 2.51. The van der Waals surface area contributed by atoms with E-state index in [4.69, 9.17) is 0 Å². The topological polar surface area (TPSA) is 62.7 Å². The van der Waals surface area contributed by atoms with Gasteiger partial charge in [-0.05, 0) is 13.8 Å². The second kappa shape index (κ2) is 6.39. The summed E-state index contributed by atoms with van der Waals surface area (Å²) >= 11 is 1.66. The molecule has 2 rings (SSSR count). The Morgan fingerprint density at radius 1 is 1.10 bits per heavy atom. The first-order valence-electron chi connectivity index (χ1n) is 7.17. The first-order valence-corrected chi connectivity index (χ1v) is 8.04. The van der Waals surface area contributed by atoms with Crippen molar-refractivity contribution in [1.29, 1.82) is 0 Å². The zero-order chi connectivity index (χ0) is 15.5. The van der Waals surface area contributed by atoms with Gasteiger partial charge in [0.2, 0.25) is 0 Å². The van der Waals surface area contributed by atoms with Gasteiger partial charge in [0.25, 0.3) is 0 Å². The number of nitrogens with one attached hydrogen (secondary N) is 2. The highest BCUT2D eigenvalue weighted by Gasteiger charge is 2.19. The van der Waals surface area contributed by atoms with Crippen LogP contribution < -0.4 is 10.6 Å². The summed E-state index contributed by atoms with van der Waals surface area (Å²) < 4.78 is 0. The highest BCUT2D eigenvalue weighted by Crippen LogP contribution is 2.22. The van der Waals surface area contributed by atoms with Crippen LogP contribution in [0.2, 0.25) is 0 Å². The highest BCUT2D eigenvalue weighted by atomic mass is 32.1. The number of aromatic nitrogens is 3. The third-order valence-electron chi connectivity index (χ3n) is 2.84. The van der Waals surface area contributed by atoms with Crippen molar-refractivity contribution < 1.29 is 0 Å². The smallest absolute Gasteiger partial charge is 0.138 e. The Morgan fingerprint density at radius 2 is 1.76 bits per heavy atom. The van der Waals surface area contributed by atoms with Gasteiger partial charge >= 0.3 is 0 Å². The minimum atomic E-state index is -0.0837. The second-order valence-corrected chi connectivity index (χ2v) is 6.92. The summed E-state index contributed by atoms with van der Waals surface area (Å²) in [5, 5.41) is 9.72. The van der Waals surface area contributed by atoms with Crippen molar-refractivity contribution in [3.8, 4) is 0 Å². The Kier molecular flexibility index (Phi) is 4.77. The zero-order valence-electron chi connectivity index (χ0n) is 13.3. The molecule has 2 heterocycles. The standard InChI is InChI=1S/C15H23N5S/c1-6-16-11-7-12(20-14(19-11)15(3,4)5)17-8-13-18-10(2)9-21-13/h7,9H,6,8H2,1-5H3,(H2,16,17,19,20). The molecular weight excluding hydrogens is 282 g/mol. The number of thiazole rings is 1. The van der Waals surface area contributed by atoms with Gasteiger partial charge in [-0.3, -0.25) is 0 Å². The molecule has 0 radical (unpaired) electrons. The lowest BCUT2D eigenvalue weighted by atomic mass is 9.96. The van der Waals surface area contributed by atoms with Crippen molar-refractivity contribution in [2.24, 2.45) is 0 Å². The van der Waals surface area contributed by atoms with E-state index < -0.39 is 0 Å². The molecule has 2 N–H and O–H groups in total. The molecule has 2 aromatic rings. The van der Waals surface area contributed by atoms with Gasteiger partial charge in [-0.2, -0.15) is 0 Å². The fraction of sp³-hybridized carbons (Fsp3) is 0.533. The molecule has 0 spiro atoms. The van der Waals surface area contributed by atoms with Crippen LogP contribution in [-0.4, -0.2) is 21.5 Å². The minimum Gasteiger partial charge on any atom is -0.370 e.